The molecule has 0 heterocycles. The van der Waals surface area contributed by atoms with E-state index in [1.807, 2.05) is 20.8 Å². The van der Waals surface area contributed by atoms with Gasteiger partial charge in [0.1, 0.15) is 6.04 Å². The number of aliphatic hydroxyl groups excluding tert-OH is 1. The van der Waals surface area contributed by atoms with Gasteiger partial charge in [-0.15, -0.1) is 0 Å². The van der Waals surface area contributed by atoms with Gasteiger partial charge in [0.25, 0.3) is 0 Å². The molecular weight excluding hydrogens is 220 g/mol. The molecule has 0 aliphatic heterocycles. The summed E-state index contributed by atoms with van der Waals surface area (Å²) in [4.78, 5) is 10.2. The first kappa shape index (κ1) is 18.7. The summed E-state index contributed by atoms with van der Waals surface area (Å²) in [5, 5.41) is 16.9. The van der Waals surface area contributed by atoms with Crippen LogP contribution in [0.3, 0.4) is 0 Å². The summed E-state index contributed by atoms with van der Waals surface area (Å²) < 4.78 is 0. The van der Waals surface area contributed by atoms with E-state index in [-0.39, 0.29) is 23.5 Å². The highest BCUT2D eigenvalue weighted by Gasteiger charge is 2.26. The number of nitrogens with two attached hydrogens (primary N) is 2. The van der Waals surface area contributed by atoms with Gasteiger partial charge in [0, 0.05) is 6.04 Å². The van der Waals surface area contributed by atoms with Crippen molar-refractivity contribution in [1.82, 2.24) is 0 Å². The summed E-state index contributed by atoms with van der Waals surface area (Å²) in [6.45, 7) is 11.5. The van der Waals surface area contributed by atoms with Crippen LogP contribution in [-0.4, -0.2) is 34.9 Å². The molecule has 0 aromatic carbocycles. The van der Waals surface area contributed by atoms with E-state index in [4.69, 9.17) is 21.7 Å². The Morgan fingerprint density at radius 1 is 1.06 bits per heavy atom. The normalized spacial score (nSPS) is 15.6. The molecule has 0 unspecified atom stereocenters. The number of rotatable bonds is 2. The highest BCUT2D eigenvalue weighted by molar-refractivity contribution is 5.74. The lowest BCUT2D eigenvalue weighted by Gasteiger charge is -2.24. The quantitative estimate of drug-likeness (QED) is 0.578. The van der Waals surface area contributed by atoms with Crippen LogP contribution < -0.4 is 11.5 Å². The molecular formula is C12H28N2O3. The Balaban J connectivity index is 0. The number of carboxylic acid groups (broad SMARTS) is 1. The molecule has 0 radical (unpaired) electrons. The van der Waals surface area contributed by atoms with Crippen molar-refractivity contribution in [3.8, 4) is 0 Å². The van der Waals surface area contributed by atoms with Crippen molar-refractivity contribution >= 4 is 5.97 Å². The maximum absolute atomic E-state index is 10.2. The first-order valence-electron chi connectivity index (χ1n) is 5.68. The molecule has 0 fully saturated rings. The minimum atomic E-state index is -0.942. The van der Waals surface area contributed by atoms with Crippen LogP contribution in [0, 0.1) is 10.8 Å². The molecule has 6 N–H and O–H groups in total. The number of aliphatic carboxylic acids is 1. The second kappa shape index (κ2) is 6.93. The molecule has 0 spiro atoms. The lowest BCUT2D eigenvalue weighted by Crippen LogP contribution is -2.41. The minimum absolute atomic E-state index is 0.0365. The fraction of sp³-hybridized carbons (Fsp3) is 0.917. The monoisotopic (exact) mass is 248 g/mol. The van der Waals surface area contributed by atoms with Gasteiger partial charge in [-0.25, -0.2) is 0 Å². The van der Waals surface area contributed by atoms with Crippen molar-refractivity contribution in [3.63, 3.8) is 0 Å². The van der Waals surface area contributed by atoms with Gasteiger partial charge in [-0.1, -0.05) is 41.5 Å². The molecule has 5 heteroatoms. The van der Waals surface area contributed by atoms with Crippen molar-refractivity contribution in [1.29, 1.82) is 0 Å². The van der Waals surface area contributed by atoms with E-state index in [1.54, 1.807) is 20.8 Å². The number of aliphatic hydroxyl groups is 1. The van der Waals surface area contributed by atoms with E-state index in [0.717, 1.165) is 0 Å². The zero-order chi connectivity index (χ0) is 14.4. The van der Waals surface area contributed by atoms with Crippen LogP contribution in [0.5, 0.6) is 0 Å². The molecule has 17 heavy (non-hydrogen) atoms. The summed E-state index contributed by atoms with van der Waals surface area (Å²) in [5.41, 5.74) is 10.5. The van der Waals surface area contributed by atoms with Gasteiger partial charge in [0.2, 0.25) is 0 Å². The molecule has 0 aromatic heterocycles. The average molecular weight is 248 g/mol. The minimum Gasteiger partial charge on any atom is -0.480 e. The number of carboxylic acids is 1. The predicted octanol–water partition coefficient (Wildman–Crippen LogP) is 0.797. The Morgan fingerprint density at radius 3 is 1.41 bits per heavy atom. The number of carbonyl (C=O) groups is 1. The van der Waals surface area contributed by atoms with E-state index in [9.17, 15) is 4.79 Å². The fourth-order valence-electron chi connectivity index (χ4n) is 0.644. The van der Waals surface area contributed by atoms with Crippen molar-refractivity contribution in [2.75, 3.05) is 6.61 Å². The summed E-state index contributed by atoms with van der Waals surface area (Å²) in [5.74, 6) is -0.942. The second-order valence-electron chi connectivity index (χ2n) is 6.34. The van der Waals surface area contributed by atoms with Gasteiger partial charge in [-0.05, 0) is 10.8 Å². The average Bonchev–Trinajstić information content (AvgIpc) is 2.13. The Morgan fingerprint density at radius 2 is 1.41 bits per heavy atom. The smallest absolute Gasteiger partial charge is 0.321 e. The lowest BCUT2D eigenvalue weighted by molar-refractivity contribution is -0.141. The molecule has 0 aliphatic rings. The Bertz CT molecular complexity index is 229. The topological polar surface area (TPSA) is 110 Å². The lowest BCUT2D eigenvalue weighted by atomic mass is 9.88. The number of hydrogen-bond donors (Lipinski definition) is 4. The predicted molar refractivity (Wildman–Crippen MR) is 69.6 cm³/mol. The molecule has 0 rings (SSSR count). The summed E-state index contributed by atoms with van der Waals surface area (Å²) >= 11 is 0. The van der Waals surface area contributed by atoms with Crippen LogP contribution in [-0.2, 0) is 4.79 Å². The highest BCUT2D eigenvalue weighted by Crippen LogP contribution is 2.17. The molecule has 0 aliphatic carbocycles. The molecule has 2 atom stereocenters. The number of hydrogen-bond acceptors (Lipinski definition) is 4. The molecule has 5 nitrogen and oxygen atoms in total. The largest absolute Gasteiger partial charge is 0.480 e. The van der Waals surface area contributed by atoms with Crippen LogP contribution in [0.15, 0.2) is 0 Å². The molecule has 0 saturated heterocycles. The molecule has 0 amide bonds. The van der Waals surface area contributed by atoms with Crippen LogP contribution in [0.1, 0.15) is 41.5 Å². The third kappa shape index (κ3) is 9.09. The molecule has 0 bridgehead atoms. The first-order chi connectivity index (χ1) is 7.34. The highest BCUT2D eigenvalue weighted by atomic mass is 16.4. The van der Waals surface area contributed by atoms with Gasteiger partial charge in [0.05, 0.1) is 6.61 Å². The maximum atomic E-state index is 10.2. The van der Waals surface area contributed by atoms with Crippen LogP contribution in [0.4, 0.5) is 0 Å². The van der Waals surface area contributed by atoms with E-state index in [1.165, 1.54) is 0 Å². The summed E-state index contributed by atoms with van der Waals surface area (Å²) in [6, 6.07) is -0.861. The molecule has 0 aromatic rings. The van der Waals surface area contributed by atoms with E-state index in [0.29, 0.717) is 0 Å². The molecule has 0 saturated carbocycles. The van der Waals surface area contributed by atoms with Gasteiger partial charge in [-0.2, -0.15) is 0 Å². The van der Waals surface area contributed by atoms with Crippen molar-refractivity contribution < 1.29 is 15.0 Å². The van der Waals surface area contributed by atoms with Crippen LogP contribution in [0.2, 0.25) is 0 Å². The van der Waals surface area contributed by atoms with E-state index >= 15 is 0 Å². The fourth-order valence-corrected chi connectivity index (χ4v) is 0.644. The second-order valence-corrected chi connectivity index (χ2v) is 6.34. The standard InChI is InChI=1S/C6H13NO2.C6H15NO/c1-6(2,3)4(7)5(8)9;1-6(2,3)5(7)4-8/h4H,7H2,1-3H3,(H,8,9);5,8H,4,7H2,1-3H3/t4-;5-/m11/s1. The third-order valence-electron chi connectivity index (χ3n) is 2.51. The Labute approximate surface area is 104 Å². The van der Waals surface area contributed by atoms with Crippen molar-refractivity contribution in [2.24, 2.45) is 22.3 Å². The Hall–Kier alpha value is -0.650. The summed E-state index contributed by atoms with van der Waals surface area (Å²) in [6.07, 6.45) is 0. The van der Waals surface area contributed by atoms with E-state index in [2.05, 4.69) is 0 Å². The summed E-state index contributed by atoms with van der Waals surface area (Å²) in [7, 11) is 0. The zero-order valence-corrected chi connectivity index (χ0v) is 11.8. The van der Waals surface area contributed by atoms with E-state index < -0.39 is 12.0 Å². The zero-order valence-electron chi connectivity index (χ0n) is 11.8. The molecule has 104 valence electrons. The van der Waals surface area contributed by atoms with Crippen LogP contribution >= 0.6 is 0 Å². The first-order valence-corrected chi connectivity index (χ1v) is 5.68. The van der Waals surface area contributed by atoms with Crippen molar-refractivity contribution in [2.45, 2.75) is 53.6 Å². The van der Waals surface area contributed by atoms with Crippen LogP contribution in [0.25, 0.3) is 0 Å². The van der Waals surface area contributed by atoms with Crippen molar-refractivity contribution in [3.05, 3.63) is 0 Å². The van der Waals surface area contributed by atoms with Gasteiger partial charge in [-0.3, -0.25) is 4.79 Å². The maximum Gasteiger partial charge on any atom is 0.321 e. The SMILES string of the molecule is CC(C)(C)[C@H](N)C(=O)O.CC(C)(C)[C@H](N)CO. The van der Waals surface area contributed by atoms with Gasteiger partial charge in [0.15, 0.2) is 0 Å². The van der Waals surface area contributed by atoms with Gasteiger partial charge >= 0.3 is 5.97 Å². The van der Waals surface area contributed by atoms with Gasteiger partial charge < -0.3 is 21.7 Å². The third-order valence-corrected chi connectivity index (χ3v) is 2.51. The Kier molecular flexibility index (Phi) is 7.63.